The van der Waals surface area contributed by atoms with E-state index in [0.717, 1.165) is 4.47 Å². The van der Waals surface area contributed by atoms with Gasteiger partial charge in [0.25, 0.3) is 5.91 Å². The third-order valence-electron chi connectivity index (χ3n) is 4.72. The molecule has 0 unspecified atom stereocenters. The van der Waals surface area contributed by atoms with Gasteiger partial charge in [-0.25, -0.2) is 4.68 Å². The van der Waals surface area contributed by atoms with Crippen LogP contribution in [0.25, 0.3) is 10.9 Å². The molecular formula is C23H13Br2Cl3N4O3. The zero-order valence-electron chi connectivity index (χ0n) is 17.3. The van der Waals surface area contributed by atoms with Gasteiger partial charge in [0.2, 0.25) is 0 Å². The van der Waals surface area contributed by atoms with E-state index in [1.807, 2.05) is 0 Å². The van der Waals surface area contributed by atoms with Gasteiger partial charge in [-0.15, -0.1) is 0 Å². The molecule has 3 aromatic carbocycles. The van der Waals surface area contributed by atoms with Crippen molar-refractivity contribution in [3.8, 4) is 0 Å². The summed E-state index contributed by atoms with van der Waals surface area (Å²) in [6.07, 6.45) is 0. The number of anilines is 2. The maximum absolute atomic E-state index is 13.1. The molecule has 4 aromatic rings. The Hall–Kier alpha value is -2.56. The number of benzene rings is 3. The molecule has 0 radical (unpaired) electrons. The minimum atomic E-state index is -1.01. The lowest BCUT2D eigenvalue weighted by Crippen LogP contribution is -2.36. The summed E-state index contributed by atoms with van der Waals surface area (Å²) in [7, 11) is 0. The van der Waals surface area contributed by atoms with Crippen LogP contribution >= 0.6 is 66.7 Å². The Bertz CT molecular complexity index is 1490. The topological polar surface area (TPSA) is 92.2 Å². The summed E-state index contributed by atoms with van der Waals surface area (Å²) in [5.41, 5.74) is 3.65. The highest BCUT2D eigenvalue weighted by Gasteiger charge is 2.22. The van der Waals surface area contributed by atoms with Crippen LogP contribution < -0.4 is 16.1 Å². The van der Waals surface area contributed by atoms with E-state index < -0.39 is 17.7 Å². The first-order valence-corrected chi connectivity index (χ1v) is 12.5. The molecule has 3 amide bonds. The minimum Gasteiger partial charge on any atom is -0.321 e. The van der Waals surface area contributed by atoms with Gasteiger partial charge in [-0.2, -0.15) is 0 Å². The predicted octanol–water partition coefficient (Wildman–Crippen LogP) is 7.09. The van der Waals surface area contributed by atoms with Crippen molar-refractivity contribution in [1.82, 2.24) is 4.68 Å². The van der Waals surface area contributed by atoms with Gasteiger partial charge < -0.3 is 10.6 Å². The first-order chi connectivity index (χ1) is 16.6. The van der Waals surface area contributed by atoms with E-state index in [4.69, 9.17) is 34.8 Å². The van der Waals surface area contributed by atoms with Gasteiger partial charge in [0.05, 0.1) is 16.2 Å². The third-order valence-corrected chi connectivity index (χ3v) is 6.45. The normalized spacial score (nSPS) is 10.8. The average molecular weight is 660 g/mol. The van der Waals surface area contributed by atoms with Gasteiger partial charge in [-0.3, -0.25) is 19.8 Å². The highest BCUT2D eigenvalue weighted by atomic mass is 79.9. The molecule has 0 aliphatic carbocycles. The van der Waals surface area contributed by atoms with E-state index in [0.29, 0.717) is 31.1 Å². The summed E-state index contributed by atoms with van der Waals surface area (Å²) in [4.78, 5) is 38.5. The molecule has 4 rings (SSSR count). The fourth-order valence-electron chi connectivity index (χ4n) is 3.22. The summed E-state index contributed by atoms with van der Waals surface area (Å²) >= 11 is 24.8. The van der Waals surface area contributed by atoms with E-state index in [9.17, 15) is 14.4 Å². The molecule has 35 heavy (non-hydrogen) atoms. The largest absolute Gasteiger partial charge is 0.328 e. The van der Waals surface area contributed by atoms with Crippen LogP contribution in [0.3, 0.4) is 0 Å². The summed E-state index contributed by atoms with van der Waals surface area (Å²) in [6, 6.07) is 16.2. The molecule has 0 aliphatic rings. The van der Waals surface area contributed by atoms with Crippen molar-refractivity contribution in [2.75, 3.05) is 16.1 Å². The van der Waals surface area contributed by atoms with Crippen LogP contribution in [0.2, 0.25) is 15.1 Å². The number of hydrogen-bond acceptors (Lipinski definition) is 3. The number of hydrogen-bond donors (Lipinski definition) is 3. The third kappa shape index (κ3) is 5.99. The van der Waals surface area contributed by atoms with Crippen LogP contribution in [0, 0.1) is 0 Å². The van der Waals surface area contributed by atoms with Crippen LogP contribution in [0.4, 0.5) is 11.4 Å². The van der Waals surface area contributed by atoms with E-state index in [2.05, 4.69) is 47.9 Å². The van der Waals surface area contributed by atoms with E-state index in [1.165, 1.54) is 22.9 Å². The lowest BCUT2D eigenvalue weighted by Gasteiger charge is -2.13. The molecule has 0 saturated heterocycles. The fourth-order valence-corrected chi connectivity index (χ4v) is 4.84. The molecule has 178 valence electrons. The molecule has 0 aliphatic heterocycles. The van der Waals surface area contributed by atoms with Crippen molar-refractivity contribution in [2.24, 2.45) is 0 Å². The first-order valence-electron chi connectivity index (χ1n) is 9.76. The zero-order valence-corrected chi connectivity index (χ0v) is 22.8. The van der Waals surface area contributed by atoms with Gasteiger partial charge in [0.1, 0.15) is 5.69 Å². The van der Waals surface area contributed by atoms with Crippen LogP contribution in [0.15, 0.2) is 69.6 Å². The van der Waals surface area contributed by atoms with E-state index in [-0.39, 0.29) is 16.4 Å². The Morgan fingerprint density at radius 1 is 0.743 bits per heavy atom. The SMILES string of the molecule is O=C(Nc1ccc(Br)cc1Cl)C(=O)Nn1c(C(=O)Nc2cc(Cl)cc(Cl)c2)cc2cc(Br)ccc21. The van der Waals surface area contributed by atoms with E-state index in [1.54, 1.807) is 42.5 Å². The Morgan fingerprint density at radius 2 is 1.40 bits per heavy atom. The van der Waals surface area contributed by atoms with Crippen LogP contribution in [-0.4, -0.2) is 22.4 Å². The van der Waals surface area contributed by atoms with Gasteiger partial charge in [0.15, 0.2) is 0 Å². The number of rotatable bonds is 4. The highest BCUT2D eigenvalue weighted by molar-refractivity contribution is 9.10. The van der Waals surface area contributed by atoms with Gasteiger partial charge in [-0.1, -0.05) is 66.7 Å². The number of nitrogens with zero attached hydrogens (tertiary/aromatic N) is 1. The Balaban J connectivity index is 1.64. The Kier molecular flexibility index (Phi) is 7.73. The molecule has 7 nitrogen and oxygen atoms in total. The maximum atomic E-state index is 13.1. The number of carbonyl (C=O) groups is 3. The average Bonchev–Trinajstić information content (AvgIpc) is 3.12. The summed E-state index contributed by atoms with van der Waals surface area (Å²) in [5, 5.41) is 6.72. The molecule has 0 fully saturated rings. The van der Waals surface area contributed by atoms with Gasteiger partial charge >= 0.3 is 11.8 Å². The summed E-state index contributed by atoms with van der Waals surface area (Å²) < 4.78 is 2.71. The monoisotopic (exact) mass is 656 g/mol. The zero-order chi connectivity index (χ0) is 25.3. The molecule has 3 N–H and O–H groups in total. The van der Waals surface area contributed by atoms with Gasteiger partial charge in [-0.05, 0) is 60.7 Å². The quantitative estimate of drug-likeness (QED) is 0.205. The van der Waals surface area contributed by atoms with Crippen LogP contribution in [-0.2, 0) is 9.59 Å². The maximum Gasteiger partial charge on any atom is 0.328 e. The van der Waals surface area contributed by atoms with Crippen molar-refractivity contribution in [3.63, 3.8) is 0 Å². The van der Waals surface area contributed by atoms with Crippen molar-refractivity contribution in [3.05, 3.63) is 90.4 Å². The van der Waals surface area contributed by atoms with Crippen LogP contribution in [0.1, 0.15) is 10.5 Å². The first kappa shape index (κ1) is 25.5. The number of aromatic nitrogens is 1. The standard InChI is InChI=1S/C23H13Br2Cl3N4O3/c24-12-2-4-19-11(5-12)6-20(21(33)29-16-9-14(26)8-15(27)10-16)32(19)31-23(35)22(34)30-18-3-1-13(25)7-17(18)28/h1-10H,(H,29,33)(H,30,34)(H,31,35). The molecule has 12 heteroatoms. The molecule has 0 atom stereocenters. The second kappa shape index (κ2) is 10.6. The van der Waals surface area contributed by atoms with Crippen molar-refractivity contribution < 1.29 is 14.4 Å². The molecular weight excluding hydrogens is 646 g/mol. The molecule has 0 bridgehead atoms. The number of amides is 3. The van der Waals surface area contributed by atoms with Crippen molar-refractivity contribution >= 4 is 107 Å². The van der Waals surface area contributed by atoms with Crippen molar-refractivity contribution in [1.29, 1.82) is 0 Å². The predicted molar refractivity (Wildman–Crippen MR) is 146 cm³/mol. The second-order valence-electron chi connectivity index (χ2n) is 7.20. The van der Waals surface area contributed by atoms with Gasteiger partial charge in [0, 0.05) is 30.1 Å². The lowest BCUT2D eigenvalue weighted by molar-refractivity contribution is -0.133. The number of halogens is 5. The Morgan fingerprint density at radius 3 is 2.09 bits per heavy atom. The molecule has 0 saturated carbocycles. The minimum absolute atomic E-state index is 0.0667. The molecule has 1 aromatic heterocycles. The van der Waals surface area contributed by atoms with Crippen molar-refractivity contribution in [2.45, 2.75) is 0 Å². The summed E-state index contributed by atoms with van der Waals surface area (Å²) in [6.45, 7) is 0. The van der Waals surface area contributed by atoms with Crippen LogP contribution in [0.5, 0.6) is 0 Å². The van der Waals surface area contributed by atoms with E-state index >= 15 is 0 Å². The number of fused-ring (bicyclic) bond motifs is 1. The number of carbonyl (C=O) groups excluding carboxylic acids is 3. The molecule has 0 spiro atoms. The fraction of sp³-hybridized carbons (Fsp3) is 0. The summed E-state index contributed by atoms with van der Waals surface area (Å²) in [5.74, 6) is -2.54. The number of nitrogens with one attached hydrogen (secondary N) is 3. The molecule has 1 heterocycles. The lowest BCUT2D eigenvalue weighted by atomic mass is 10.2. The Labute approximate surface area is 230 Å². The second-order valence-corrected chi connectivity index (χ2v) is 10.3. The highest BCUT2D eigenvalue weighted by Crippen LogP contribution is 2.27. The smallest absolute Gasteiger partial charge is 0.321 e.